The van der Waals surface area contributed by atoms with Gasteiger partial charge in [0.2, 0.25) is 0 Å². The van der Waals surface area contributed by atoms with Crippen molar-refractivity contribution in [1.29, 1.82) is 0 Å². The Bertz CT molecular complexity index is 474. The summed E-state index contributed by atoms with van der Waals surface area (Å²) in [7, 11) is 2.02. The van der Waals surface area contributed by atoms with E-state index in [1.165, 1.54) is 12.8 Å². The van der Waals surface area contributed by atoms with Gasteiger partial charge in [0.25, 0.3) is 0 Å². The van der Waals surface area contributed by atoms with Crippen molar-refractivity contribution in [2.75, 3.05) is 18.9 Å². The minimum Gasteiger partial charge on any atom is -0.368 e. The molecule has 1 heterocycles. The molecule has 1 aliphatic rings. The minimum atomic E-state index is -4.42. The van der Waals surface area contributed by atoms with Gasteiger partial charge in [0.15, 0.2) is 0 Å². The fourth-order valence-corrected chi connectivity index (χ4v) is 2.20. The molecule has 3 nitrogen and oxygen atoms in total. The molecular weight excluding hydrogens is 291 g/mol. The van der Waals surface area contributed by atoms with Crippen LogP contribution < -0.4 is 5.32 Å². The van der Waals surface area contributed by atoms with Crippen LogP contribution in [0.2, 0.25) is 5.15 Å². The van der Waals surface area contributed by atoms with Gasteiger partial charge in [-0.05, 0) is 38.9 Å². The zero-order chi connectivity index (χ0) is 14.9. The number of rotatable bonds is 5. The van der Waals surface area contributed by atoms with Crippen LogP contribution in [0.4, 0.5) is 19.0 Å². The highest BCUT2D eigenvalue weighted by Crippen LogP contribution is 2.32. The van der Waals surface area contributed by atoms with Crippen LogP contribution in [0.15, 0.2) is 12.1 Å². The molecule has 7 heteroatoms. The second-order valence-electron chi connectivity index (χ2n) is 5.19. The molecule has 0 aromatic carbocycles. The molecule has 0 spiro atoms. The molecular formula is C13H17ClF3N3. The van der Waals surface area contributed by atoms with Crippen LogP contribution in [-0.2, 0) is 6.18 Å². The molecule has 1 unspecified atom stereocenters. The average molecular weight is 308 g/mol. The van der Waals surface area contributed by atoms with Crippen molar-refractivity contribution in [1.82, 2.24) is 9.88 Å². The van der Waals surface area contributed by atoms with Crippen LogP contribution in [0.5, 0.6) is 0 Å². The van der Waals surface area contributed by atoms with Crippen molar-refractivity contribution >= 4 is 17.4 Å². The third-order valence-electron chi connectivity index (χ3n) is 3.52. The van der Waals surface area contributed by atoms with Gasteiger partial charge in [0.05, 0.1) is 5.56 Å². The van der Waals surface area contributed by atoms with Gasteiger partial charge in [0.1, 0.15) is 11.0 Å². The molecule has 20 heavy (non-hydrogen) atoms. The zero-order valence-corrected chi connectivity index (χ0v) is 12.1. The molecule has 0 bridgehead atoms. The zero-order valence-electron chi connectivity index (χ0n) is 11.3. The van der Waals surface area contributed by atoms with Crippen LogP contribution >= 0.6 is 11.6 Å². The van der Waals surface area contributed by atoms with Crippen molar-refractivity contribution in [3.63, 3.8) is 0 Å². The predicted molar refractivity (Wildman–Crippen MR) is 73.0 cm³/mol. The lowest BCUT2D eigenvalue weighted by atomic mass is 10.2. The highest BCUT2D eigenvalue weighted by atomic mass is 35.5. The van der Waals surface area contributed by atoms with Crippen molar-refractivity contribution in [2.24, 2.45) is 0 Å². The second kappa shape index (κ2) is 5.77. The summed E-state index contributed by atoms with van der Waals surface area (Å²) in [6.07, 6.45) is -2.04. The average Bonchev–Trinajstić information content (AvgIpc) is 3.17. The van der Waals surface area contributed by atoms with E-state index < -0.39 is 11.7 Å². The molecule has 0 saturated heterocycles. The van der Waals surface area contributed by atoms with Gasteiger partial charge < -0.3 is 5.32 Å². The van der Waals surface area contributed by atoms with Crippen molar-refractivity contribution in [3.05, 3.63) is 22.8 Å². The van der Waals surface area contributed by atoms with E-state index in [1.807, 2.05) is 14.0 Å². The van der Waals surface area contributed by atoms with E-state index in [0.717, 1.165) is 12.1 Å². The van der Waals surface area contributed by atoms with Crippen molar-refractivity contribution < 1.29 is 13.2 Å². The molecule has 1 saturated carbocycles. The lowest BCUT2D eigenvalue weighted by molar-refractivity contribution is -0.137. The Morgan fingerprint density at radius 2 is 2.10 bits per heavy atom. The molecule has 1 atom stereocenters. The fraction of sp³-hybridized carbons (Fsp3) is 0.615. The number of anilines is 1. The monoisotopic (exact) mass is 307 g/mol. The highest BCUT2D eigenvalue weighted by molar-refractivity contribution is 6.29. The normalized spacial score (nSPS) is 17.4. The van der Waals surface area contributed by atoms with E-state index in [-0.39, 0.29) is 17.0 Å². The van der Waals surface area contributed by atoms with E-state index in [9.17, 15) is 13.2 Å². The predicted octanol–water partition coefficient (Wildman–Crippen LogP) is 3.65. The first-order valence-corrected chi connectivity index (χ1v) is 6.86. The number of hydrogen-bond acceptors (Lipinski definition) is 3. The lowest BCUT2D eigenvalue weighted by Gasteiger charge is -2.25. The number of nitrogens with one attached hydrogen (secondary N) is 1. The number of alkyl halides is 3. The number of halogens is 4. The number of likely N-dealkylation sites (N-methyl/N-ethyl adjacent to an activating group) is 1. The molecule has 0 aliphatic heterocycles. The van der Waals surface area contributed by atoms with Crippen LogP contribution in [0.1, 0.15) is 25.3 Å². The van der Waals surface area contributed by atoms with Gasteiger partial charge >= 0.3 is 6.18 Å². The Morgan fingerprint density at radius 3 is 2.65 bits per heavy atom. The van der Waals surface area contributed by atoms with E-state index in [2.05, 4.69) is 15.2 Å². The van der Waals surface area contributed by atoms with Crippen molar-refractivity contribution in [3.8, 4) is 0 Å². The smallest absolute Gasteiger partial charge is 0.368 e. The number of pyridine rings is 1. The van der Waals surface area contributed by atoms with Gasteiger partial charge in [-0.3, -0.25) is 4.90 Å². The van der Waals surface area contributed by atoms with E-state index in [0.29, 0.717) is 12.6 Å². The first-order valence-electron chi connectivity index (χ1n) is 6.48. The number of nitrogens with zero attached hydrogens (tertiary/aromatic N) is 2. The SMILES string of the molecule is CC(CNc1cc(C(F)(F)F)cc(Cl)n1)N(C)C1CC1. The Hall–Kier alpha value is -1.01. The summed E-state index contributed by atoms with van der Waals surface area (Å²) in [6.45, 7) is 2.55. The van der Waals surface area contributed by atoms with Crippen LogP contribution in [0.25, 0.3) is 0 Å². The van der Waals surface area contributed by atoms with E-state index in [4.69, 9.17) is 11.6 Å². The van der Waals surface area contributed by atoms with E-state index >= 15 is 0 Å². The summed E-state index contributed by atoms with van der Waals surface area (Å²) in [5.41, 5.74) is -0.789. The van der Waals surface area contributed by atoms with Crippen LogP contribution in [-0.4, -0.2) is 35.6 Å². The second-order valence-corrected chi connectivity index (χ2v) is 5.58. The molecule has 1 fully saturated rings. The molecule has 0 radical (unpaired) electrons. The Kier molecular flexibility index (Phi) is 4.44. The molecule has 112 valence electrons. The van der Waals surface area contributed by atoms with Gasteiger partial charge in [-0.15, -0.1) is 0 Å². The summed E-state index contributed by atoms with van der Waals surface area (Å²) < 4.78 is 38.0. The quantitative estimate of drug-likeness (QED) is 0.842. The molecule has 1 aliphatic carbocycles. The molecule has 1 aromatic heterocycles. The molecule has 0 amide bonds. The molecule has 1 aromatic rings. The Balaban J connectivity index is 2.00. The molecule has 1 N–H and O–H groups in total. The number of aromatic nitrogens is 1. The highest BCUT2D eigenvalue weighted by Gasteiger charge is 2.32. The fourth-order valence-electron chi connectivity index (χ4n) is 1.99. The maximum absolute atomic E-state index is 12.7. The lowest BCUT2D eigenvalue weighted by Crippen LogP contribution is -2.36. The van der Waals surface area contributed by atoms with E-state index in [1.54, 1.807) is 0 Å². The summed E-state index contributed by atoms with van der Waals surface area (Å²) in [5.74, 6) is 0.154. The summed E-state index contributed by atoms with van der Waals surface area (Å²) in [6, 6.07) is 2.63. The summed E-state index contributed by atoms with van der Waals surface area (Å²) >= 11 is 5.63. The van der Waals surface area contributed by atoms with Gasteiger partial charge in [-0.2, -0.15) is 13.2 Å². The molecule has 2 rings (SSSR count). The largest absolute Gasteiger partial charge is 0.416 e. The van der Waals surface area contributed by atoms with Crippen LogP contribution in [0.3, 0.4) is 0 Å². The first-order chi connectivity index (χ1) is 9.27. The Morgan fingerprint density at radius 1 is 1.45 bits per heavy atom. The maximum atomic E-state index is 12.7. The number of hydrogen-bond donors (Lipinski definition) is 1. The first kappa shape index (κ1) is 15.4. The third-order valence-corrected chi connectivity index (χ3v) is 3.71. The van der Waals surface area contributed by atoms with Gasteiger partial charge in [0, 0.05) is 18.6 Å². The van der Waals surface area contributed by atoms with Gasteiger partial charge in [-0.1, -0.05) is 11.6 Å². The summed E-state index contributed by atoms with van der Waals surface area (Å²) in [4.78, 5) is 6.10. The van der Waals surface area contributed by atoms with Crippen LogP contribution in [0, 0.1) is 0 Å². The van der Waals surface area contributed by atoms with Crippen molar-refractivity contribution in [2.45, 2.75) is 38.0 Å². The summed E-state index contributed by atoms with van der Waals surface area (Å²) in [5, 5.41) is 2.76. The Labute approximate surface area is 121 Å². The topological polar surface area (TPSA) is 28.2 Å². The third kappa shape index (κ3) is 3.99. The maximum Gasteiger partial charge on any atom is 0.416 e. The minimum absolute atomic E-state index is 0.154. The standard InChI is InChI=1S/C13H17ClF3N3/c1-8(20(2)10-3-4-10)7-18-12-6-9(13(15,16)17)5-11(14)19-12/h5-6,8,10H,3-4,7H2,1-2H3,(H,18,19). The van der Waals surface area contributed by atoms with Gasteiger partial charge in [-0.25, -0.2) is 4.98 Å².